The molecule has 5 heteroatoms. The maximum atomic E-state index is 13.2. The molecule has 0 bridgehead atoms. The molecule has 0 radical (unpaired) electrons. The maximum Gasteiger partial charge on any atom is 0.230 e. The zero-order valence-corrected chi connectivity index (χ0v) is 17.1. The molecule has 1 aliphatic heterocycles. The van der Waals surface area contributed by atoms with E-state index in [1.54, 1.807) is 6.20 Å². The molecule has 0 saturated carbocycles. The number of benzene rings is 1. The summed E-state index contributed by atoms with van der Waals surface area (Å²) in [5.41, 5.74) is 9.39. The van der Waals surface area contributed by atoms with Gasteiger partial charge in [0, 0.05) is 49.5 Å². The molecule has 1 spiro atoms. The number of nitrogens with zero attached hydrogens (tertiary/aromatic N) is 3. The molecule has 0 unspecified atom stereocenters. The van der Waals surface area contributed by atoms with Crippen LogP contribution in [0.2, 0.25) is 0 Å². The van der Waals surface area contributed by atoms with Crippen molar-refractivity contribution in [2.75, 3.05) is 30.8 Å². The second-order valence-corrected chi connectivity index (χ2v) is 8.60. The van der Waals surface area contributed by atoms with Gasteiger partial charge in [0.1, 0.15) is 5.82 Å². The Morgan fingerprint density at radius 1 is 1.25 bits per heavy atom. The van der Waals surface area contributed by atoms with Crippen LogP contribution in [0.1, 0.15) is 50.2 Å². The summed E-state index contributed by atoms with van der Waals surface area (Å²) in [6.07, 6.45) is 4.77. The summed E-state index contributed by atoms with van der Waals surface area (Å²) in [6.45, 7) is 6.02. The summed E-state index contributed by atoms with van der Waals surface area (Å²) in [5.74, 6) is 1.17. The SMILES string of the molecule is CC(C)N(C)C(=O)[C@H]1CC2(CCN(c3cc(N)ccn3)CC2)c2ccccc21. The van der Waals surface area contributed by atoms with Gasteiger partial charge >= 0.3 is 0 Å². The van der Waals surface area contributed by atoms with Gasteiger partial charge in [-0.1, -0.05) is 24.3 Å². The van der Waals surface area contributed by atoms with Crippen LogP contribution < -0.4 is 10.6 Å². The van der Waals surface area contributed by atoms with Gasteiger partial charge in [-0.3, -0.25) is 4.79 Å². The monoisotopic (exact) mass is 378 g/mol. The number of nitrogen functional groups attached to an aromatic ring is 1. The maximum absolute atomic E-state index is 13.2. The molecule has 2 aromatic rings. The summed E-state index contributed by atoms with van der Waals surface area (Å²) in [5, 5.41) is 0. The number of hydrogen-bond acceptors (Lipinski definition) is 4. The van der Waals surface area contributed by atoms with Crippen molar-refractivity contribution in [3.8, 4) is 0 Å². The van der Waals surface area contributed by atoms with E-state index in [0.29, 0.717) is 0 Å². The molecule has 1 aromatic heterocycles. The highest BCUT2D eigenvalue weighted by molar-refractivity contribution is 5.85. The Kier molecular flexibility index (Phi) is 4.77. The van der Waals surface area contributed by atoms with Crippen LogP contribution in [0, 0.1) is 0 Å². The number of likely N-dealkylation sites (N-methyl/N-ethyl adjacent to an activating group) is 1. The first-order valence-corrected chi connectivity index (χ1v) is 10.2. The number of hydrogen-bond donors (Lipinski definition) is 1. The van der Waals surface area contributed by atoms with Crippen molar-refractivity contribution in [3.05, 3.63) is 53.7 Å². The number of fused-ring (bicyclic) bond motifs is 2. The minimum Gasteiger partial charge on any atom is -0.399 e. The van der Waals surface area contributed by atoms with Crippen LogP contribution >= 0.6 is 0 Å². The van der Waals surface area contributed by atoms with Crippen LogP contribution in [-0.2, 0) is 10.2 Å². The normalized spacial score (nSPS) is 20.4. The molecule has 1 amide bonds. The Balaban J connectivity index is 1.58. The highest BCUT2D eigenvalue weighted by atomic mass is 16.2. The lowest BCUT2D eigenvalue weighted by molar-refractivity contribution is -0.133. The number of amides is 1. The first kappa shape index (κ1) is 18.8. The highest BCUT2D eigenvalue weighted by Gasteiger charge is 2.48. The molecule has 4 rings (SSSR count). The largest absolute Gasteiger partial charge is 0.399 e. The van der Waals surface area contributed by atoms with E-state index >= 15 is 0 Å². The second kappa shape index (κ2) is 7.12. The Morgan fingerprint density at radius 3 is 2.64 bits per heavy atom. The Bertz CT molecular complexity index is 870. The first-order valence-electron chi connectivity index (χ1n) is 10.2. The second-order valence-electron chi connectivity index (χ2n) is 8.60. The molecular weight excluding hydrogens is 348 g/mol. The molecule has 2 aliphatic rings. The molecule has 1 aliphatic carbocycles. The van der Waals surface area contributed by atoms with Crippen molar-refractivity contribution in [2.45, 2.75) is 50.5 Å². The molecular formula is C23H30N4O. The summed E-state index contributed by atoms with van der Waals surface area (Å²) < 4.78 is 0. The lowest BCUT2D eigenvalue weighted by Gasteiger charge is -2.41. The van der Waals surface area contributed by atoms with E-state index in [0.717, 1.165) is 43.9 Å². The molecule has 2 heterocycles. The van der Waals surface area contributed by atoms with E-state index < -0.39 is 0 Å². The van der Waals surface area contributed by atoms with E-state index in [1.807, 2.05) is 24.1 Å². The third-order valence-corrected chi connectivity index (χ3v) is 6.74. The average Bonchev–Trinajstić information content (AvgIpc) is 3.02. The van der Waals surface area contributed by atoms with Gasteiger partial charge in [-0.25, -0.2) is 4.98 Å². The quantitative estimate of drug-likeness (QED) is 0.887. The fourth-order valence-corrected chi connectivity index (χ4v) is 4.86. The van der Waals surface area contributed by atoms with Crippen molar-refractivity contribution in [3.63, 3.8) is 0 Å². The number of anilines is 2. The van der Waals surface area contributed by atoms with Crippen LogP contribution in [0.25, 0.3) is 0 Å². The van der Waals surface area contributed by atoms with Crippen molar-refractivity contribution in [1.82, 2.24) is 9.88 Å². The van der Waals surface area contributed by atoms with Crippen LogP contribution in [0.3, 0.4) is 0 Å². The molecule has 1 saturated heterocycles. The summed E-state index contributed by atoms with van der Waals surface area (Å²) >= 11 is 0. The van der Waals surface area contributed by atoms with Gasteiger partial charge in [-0.2, -0.15) is 0 Å². The standard InChI is InChI=1S/C23H30N4O/c1-16(2)26(3)22(28)19-15-23(20-7-5-4-6-18(19)20)9-12-27(13-10-23)21-14-17(24)8-11-25-21/h4-8,11,14,16,19H,9-10,12-13,15H2,1-3H3,(H2,24,25)/t19-/m0/s1. The van der Waals surface area contributed by atoms with Crippen molar-refractivity contribution >= 4 is 17.4 Å². The zero-order valence-electron chi connectivity index (χ0n) is 17.1. The fourth-order valence-electron chi connectivity index (χ4n) is 4.86. The lowest BCUT2D eigenvalue weighted by Crippen LogP contribution is -2.43. The summed E-state index contributed by atoms with van der Waals surface area (Å²) in [4.78, 5) is 21.9. The number of aromatic nitrogens is 1. The predicted molar refractivity (Wildman–Crippen MR) is 113 cm³/mol. The predicted octanol–water partition coefficient (Wildman–Crippen LogP) is 3.56. The topological polar surface area (TPSA) is 62.5 Å². The average molecular weight is 379 g/mol. The third kappa shape index (κ3) is 3.13. The van der Waals surface area contributed by atoms with E-state index in [2.05, 4.69) is 48.0 Å². The molecule has 5 nitrogen and oxygen atoms in total. The van der Waals surface area contributed by atoms with Gasteiger partial charge in [0.05, 0.1) is 5.92 Å². The Morgan fingerprint density at radius 2 is 1.96 bits per heavy atom. The Labute approximate surface area is 167 Å². The van der Waals surface area contributed by atoms with Crippen molar-refractivity contribution in [1.29, 1.82) is 0 Å². The van der Waals surface area contributed by atoms with E-state index in [9.17, 15) is 4.79 Å². The summed E-state index contributed by atoms with van der Waals surface area (Å²) in [7, 11) is 1.93. The van der Waals surface area contributed by atoms with Crippen LogP contribution in [0.4, 0.5) is 11.5 Å². The molecule has 28 heavy (non-hydrogen) atoms. The smallest absolute Gasteiger partial charge is 0.230 e. The molecule has 1 fully saturated rings. The number of carbonyl (C=O) groups excluding carboxylic acids is 1. The van der Waals surface area contributed by atoms with Gasteiger partial charge in [-0.05, 0) is 50.3 Å². The van der Waals surface area contributed by atoms with Crippen LogP contribution in [0.5, 0.6) is 0 Å². The van der Waals surface area contributed by atoms with Gasteiger partial charge < -0.3 is 15.5 Å². The number of piperidine rings is 1. The zero-order chi connectivity index (χ0) is 19.9. The van der Waals surface area contributed by atoms with Crippen LogP contribution in [0.15, 0.2) is 42.6 Å². The minimum absolute atomic E-state index is 0.0272. The first-order chi connectivity index (χ1) is 13.4. The van der Waals surface area contributed by atoms with E-state index in [4.69, 9.17) is 5.73 Å². The van der Waals surface area contributed by atoms with Gasteiger partial charge in [0.2, 0.25) is 5.91 Å². The number of nitrogens with two attached hydrogens (primary N) is 1. The van der Waals surface area contributed by atoms with E-state index in [1.165, 1.54) is 11.1 Å². The van der Waals surface area contributed by atoms with E-state index in [-0.39, 0.29) is 23.3 Å². The molecule has 1 atom stereocenters. The molecule has 2 N–H and O–H groups in total. The van der Waals surface area contributed by atoms with Gasteiger partial charge in [-0.15, -0.1) is 0 Å². The molecule has 148 valence electrons. The third-order valence-electron chi connectivity index (χ3n) is 6.74. The number of carbonyl (C=O) groups is 1. The van der Waals surface area contributed by atoms with Gasteiger partial charge in [0.15, 0.2) is 0 Å². The number of pyridine rings is 1. The highest BCUT2D eigenvalue weighted by Crippen LogP contribution is 2.52. The van der Waals surface area contributed by atoms with Gasteiger partial charge in [0.25, 0.3) is 0 Å². The van der Waals surface area contributed by atoms with Crippen molar-refractivity contribution < 1.29 is 4.79 Å². The summed E-state index contributed by atoms with van der Waals surface area (Å²) in [6, 6.07) is 12.6. The van der Waals surface area contributed by atoms with Crippen LogP contribution in [-0.4, -0.2) is 42.0 Å². The Hall–Kier alpha value is -2.56. The molecule has 1 aromatic carbocycles. The number of rotatable bonds is 3. The lowest BCUT2D eigenvalue weighted by atomic mass is 9.73. The van der Waals surface area contributed by atoms with Crippen molar-refractivity contribution in [2.24, 2.45) is 0 Å². The minimum atomic E-state index is -0.0272. The fraction of sp³-hybridized carbons (Fsp3) is 0.478.